The van der Waals surface area contributed by atoms with Crippen molar-refractivity contribution in [2.45, 2.75) is 13.3 Å². The van der Waals surface area contributed by atoms with E-state index in [0.29, 0.717) is 12.1 Å². The van der Waals surface area contributed by atoms with Crippen LogP contribution in [0.15, 0.2) is 24.4 Å². The Morgan fingerprint density at radius 2 is 2.28 bits per heavy atom. The summed E-state index contributed by atoms with van der Waals surface area (Å²) in [6, 6.07) is 5.53. The van der Waals surface area contributed by atoms with Gasteiger partial charge in [0.2, 0.25) is 0 Å². The molecule has 0 aliphatic rings. The lowest BCUT2D eigenvalue weighted by molar-refractivity contribution is 0.0953. The average molecular weight is 246 g/mol. The van der Waals surface area contributed by atoms with Crippen LogP contribution in [0.3, 0.4) is 0 Å². The molecule has 2 rings (SSSR count). The summed E-state index contributed by atoms with van der Waals surface area (Å²) >= 11 is 0. The number of benzene rings is 1. The number of H-pyrrole nitrogens is 1. The Kier molecular flexibility index (Phi) is 4.30. The van der Waals surface area contributed by atoms with Crippen molar-refractivity contribution in [3.8, 4) is 0 Å². The summed E-state index contributed by atoms with van der Waals surface area (Å²) < 4.78 is 0. The first-order valence-corrected chi connectivity index (χ1v) is 6.23. The molecule has 0 fully saturated rings. The smallest absolute Gasteiger partial charge is 0.251 e. The molecular formula is C13H18N4O. The van der Waals surface area contributed by atoms with E-state index in [1.165, 1.54) is 0 Å². The summed E-state index contributed by atoms with van der Waals surface area (Å²) in [5, 5.41) is 13.9. The number of aromatic nitrogens is 2. The van der Waals surface area contributed by atoms with Crippen molar-refractivity contribution < 1.29 is 4.79 Å². The molecular weight excluding hydrogens is 228 g/mol. The van der Waals surface area contributed by atoms with E-state index in [1.807, 2.05) is 18.2 Å². The SMILES string of the molecule is CCNCCCNC(=O)c1ccc2cn[nH]c2c1. The maximum Gasteiger partial charge on any atom is 0.251 e. The van der Waals surface area contributed by atoms with Crippen LogP contribution in [0.2, 0.25) is 0 Å². The third kappa shape index (κ3) is 3.07. The highest BCUT2D eigenvalue weighted by atomic mass is 16.1. The quantitative estimate of drug-likeness (QED) is 0.673. The summed E-state index contributed by atoms with van der Waals surface area (Å²) in [4.78, 5) is 11.9. The van der Waals surface area contributed by atoms with Crippen molar-refractivity contribution in [3.63, 3.8) is 0 Å². The summed E-state index contributed by atoms with van der Waals surface area (Å²) in [5.74, 6) is -0.0389. The van der Waals surface area contributed by atoms with Crippen LogP contribution in [-0.2, 0) is 0 Å². The highest BCUT2D eigenvalue weighted by Gasteiger charge is 2.06. The second-order valence-electron chi connectivity index (χ2n) is 4.14. The third-order valence-corrected chi connectivity index (χ3v) is 2.77. The van der Waals surface area contributed by atoms with Gasteiger partial charge in [0.15, 0.2) is 0 Å². The first-order valence-electron chi connectivity index (χ1n) is 6.23. The van der Waals surface area contributed by atoms with Gasteiger partial charge >= 0.3 is 0 Å². The fourth-order valence-corrected chi connectivity index (χ4v) is 1.77. The van der Waals surface area contributed by atoms with Crippen molar-refractivity contribution in [2.75, 3.05) is 19.6 Å². The Balaban J connectivity index is 1.88. The first-order chi connectivity index (χ1) is 8.81. The number of aromatic amines is 1. The van der Waals surface area contributed by atoms with E-state index in [2.05, 4.69) is 27.8 Å². The second-order valence-corrected chi connectivity index (χ2v) is 4.14. The molecule has 2 aromatic rings. The lowest BCUT2D eigenvalue weighted by Gasteiger charge is -2.05. The topological polar surface area (TPSA) is 69.8 Å². The highest BCUT2D eigenvalue weighted by Crippen LogP contribution is 2.12. The number of hydrogen-bond acceptors (Lipinski definition) is 3. The molecule has 0 saturated heterocycles. The van der Waals surface area contributed by atoms with Gasteiger partial charge in [0.25, 0.3) is 5.91 Å². The van der Waals surface area contributed by atoms with Crippen LogP contribution in [0.1, 0.15) is 23.7 Å². The van der Waals surface area contributed by atoms with Gasteiger partial charge in [-0.15, -0.1) is 0 Å². The fourth-order valence-electron chi connectivity index (χ4n) is 1.77. The van der Waals surface area contributed by atoms with E-state index < -0.39 is 0 Å². The van der Waals surface area contributed by atoms with Gasteiger partial charge in [0.1, 0.15) is 0 Å². The molecule has 1 heterocycles. The summed E-state index contributed by atoms with van der Waals surface area (Å²) in [6.45, 7) is 4.64. The minimum Gasteiger partial charge on any atom is -0.352 e. The third-order valence-electron chi connectivity index (χ3n) is 2.77. The normalized spacial score (nSPS) is 10.7. The zero-order chi connectivity index (χ0) is 12.8. The Morgan fingerprint density at radius 1 is 1.39 bits per heavy atom. The number of nitrogens with one attached hydrogen (secondary N) is 3. The maximum atomic E-state index is 11.9. The van der Waals surface area contributed by atoms with E-state index in [9.17, 15) is 4.79 Å². The van der Waals surface area contributed by atoms with Crippen molar-refractivity contribution in [3.05, 3.63) is 30.0 Å². The molecule has 0 unspecified atom stereocenters. The Morgan fingerprint density at radius 3 is 3.11 bits per heavy atom. The van der Waals surface area contributed by atoms with E-state index in [-0.39, 0.29) is 5.91 Å². The molecule has 3 N–H and O–H groups in total. The standard InChI is InChI=1S/C13H18N4O/c1-2-14-6-3-7-15-13(18)10-4-5-11-9-16-17-12(11)8-10/h4-5,8-9,14H,2-3,6-7H2,1H3,(H,15,18)(H,16,17). The lowest BCUT2D eigenvalue weighted by Crippen LogP contribution is -2.27. The van der Waals surface area contributed by atoms with Crippen molar-refractivity contribution in [1.82, 2.24) is 20.8 Å². The Bertz CT molecular complexity index is 520. The average Bonchev–Trinajstić information content (AvgIpc) is 2.85. The van der Waals surface area contributed by atoms with Crippen LogP contribution in [-0.4, -0.2) is 35.7 Å². The van der Waals surface area contributed by atoms with Gasteiger partial charge in [-0.3, -0.25) is 9.89 Å². The molecule has 18 heavy (non-hydrogen) atoms. The van der Waals surface area contributed by atoms with Gasteiger partial charge < -0.3 is 10.6 Å². The molecule has 96 valence electrons. The predicted molar refractivity (Wildman–Crippen MR) is 71.6 cm³/mol. The second kappa shape index (κ2) is 6.16. The van der Waals surface area contributed by atoms with Gasteiger partial charge in [0.05, 0.1) is 11.7 Å². The predicted octanol–water partition coefficient (Wildman–Crippen LogP) is 1.29. The van der Waals surface area contributed by atoms with Gasteiger partial charge in [-0.05, 0) is 31.6 Å². The molecule has 0 aliphatic heterocycles. The van der Waals surface area contributed by atoms with Crippen molar-refractivity contribution in [2.24, 2.45) is 0 Å². The largest absolute Gasteiger partial charge is 0.352 e. The summed E-state index contributed by atoms with van der Waals surface area (Å²) in [6.07, 6.45) is 2.68. The number of nitrogens with zero attached hydrogens (tertiary/aromatic N) is 1. The number of amides is 1. The number of rotatable bonds is 6. The van der Waals surface area contributed by atoms with Gasteiger partial charge in [-0.2, -0.15) is 5.10 Å². The molecule has 0 saturated carbocycles. The minimum absolute atomic E-state index is 0.0389. The minimum atomic E-state index is -0.0389. The fraction of sp³-hybridized carbons (Fsp3) is 0.385. The highest BCUT2D eigenvalue weighted by molar-refractivity contribution is 5.97. The molecule has 5 heteroatoms. The molecule has 1 amide bonds. The van der Waals surface area contributed by atoms with E-state index >= 15 is 0 Å². The number of carbonyl (C=O) groups excluding carboxylic acids is 1. The number of fused-ring (bicyclic) bond motifs is 1. The van der Waals surface area contributed by atoms with Crippen LogP contribution < -0.4 is 10.6 Å². The number of carbonyl (C=O) groups is 1. The van der Waals surface area contributed by atoms with E-state index in [4.69, 9.17) is 0 Å². The molecule has 0 spiro atoms. The Hall–Kier alpha value is -1.88. The lowest BCUT2D eigenvalue weighted by atomic mass is 10.1. The van der Waals surface area contributed by atoms with Gasteiger partial charge in [0, 0.05) is 17.5 Å². The molecule has 1 aromatic carbocycles. The summed E-state index contributed by atoms with van der Waals surface area (Å²) in [7, 11) is 0. The van der Waals surface area contributed by atoms with Crippen LogP contribution in [0.25, 0.3) is 10.9 Å². The van der Waals surface area contributed by atoms with Gasteiger partial charge in [-0.1, -0.05) is 13.0 Å². The van der Waals surface area contributed by atoms with Crippen LogP contribution >= 0.6 is 0 Å². The first kappa shape index (κ1) is 12.6. The zero-order valence-corrected chi connectivity index (χ0v) is 10.5. The van der Waals surface area contributed by atoms with Crippen LogP contribution in [0.5, 0.6) is 0 Å². The van der Waals surface area contributed by atoms with Crippen LogP contribution in [0.4, 0.5) is 0 Å². The maximum absolute atomic E-state index is 11.9. The summed E-state index contributed by atoms with van der Waals surface area (Å²) in [5.41, 5.74) is 1.55. The molecule has 0 bridgehead atoms. The molecule has 1 aromatic heterocycles. The molecule has 0 radical (unpaired) electrons. The monoisotopic (exact) mass is 246 g/mol. The molecule has 0 aliphatic carbocycles. The van der Waals surface area contributed by atoms with Crippen LogP contribution in [0, 0.1) is 0 Å². The Labute approximate surface area is 106 Å². The molecule has 5 nitrogen and oxygen atoms in total. The molecule has 0 atom stereocenters. The zero-order valence-electron chi connectivity index (χ0n) is 10.5. The van der Waals surface area contributed by atoms with E-state index in [0.717, 1.165) is 30.4 Å². The van der Waals surface area contributed by atoms with Crippen molar-refractivity contribution in [1.29, 1.82) is 0 Å². The van der Waals surface area contributed by atoms with Gasteiger partial charge in [-0.25, -0.2) is 0 Å². The van der Waals surface area contributed by atoms with Crippen molar-refractivity contribution >= 4 is 16.8 Å². The number of hydrogen-bond donors (Lipinski definition) is 3. The van der Waals surface area contributed by atoms with E-state index in [1.54, 1.807) is 6.20 Å².